The number of carbonyl (C=O) groups is 1. The summed E-state index contributed by atoms with van der Waals surface area (Å²) in [7, 11) is 1.18. The van der Waals surface area contributed by atoms with E-state index in [1.54, 1.807) is 0 Å². The van der Waals surface area contributed by atoms with Gasteiger partial charge in [-0.15, -0.1) is 0 Å². The van der Waals surface area contributed by atoms with Gasteiger partial charge in [0.2, 0.25) is 5.69 Å². The quantitative estimate of drug-likeness (QED) is 0.423. The molecule has 2 N–H and O–H groups in total. The molecule has 0 saturated carbocycles. The van der Waals surface area contributed by atoms with Crippen LogP contribution < -0.4 is 10.5 Å². The summed E-state index contributed by atoms with van der Waals surface area (Å²) in [5.74, 6) is -1.03. The zero-order chi connectivity index (χ0) is 10.0. The minimum Gasteiger partial charge on any atom is -0.710 e. The number of nitrogens with zero attached hydrogens (tertiary/aromatic N) is 2. The standard InChI is InChI=1S/C6H6BrN3O3/c1-13-6(11)4-5(8)10(12)2-3(7)9-4/h2H,8H2,1H3. The second-order valence-electron chi connectivity index (χ2n) is 2.11. The Balaban J connectivity index is 3.28. The monoisotopic (exact) mass is 247 g/mol. The molecule has 0 atom stereocenters. The molecule has 0 aliphatic carbocycles. The van der Waals surface area contributed by atoms with Gasteiger partial charge in [0.1, 0.15) is 10.8 Å². The fraction of sp³-hybridized carbons (Fsp3) is 0.167. The van der Waals surface area contributed by atoms with Crippen molar-refractivity contribution in [2.45, 2.75) is 0 Å². The molecule has 0 fully saturated rings. The number of esters is 1. The van der Waals surface area contributed by atoms with Crippen LogP contribution >= 0.6 is 15.9 Å². The van der Waals surface area contributed by atoms with Gasteiger partial charge in [0.05, 0.1) is 7.11 Å². The summed E-state index contributed by atoms with van der Waals surface area (Å²) in [6.07, 6.45) is 1.10. The van der Waals surface area contributed by atoms with Crippen LogP contribution in [-0.2, 0) is 4.74 Å². The van der Waals surface area contributed by atoms with Gasteiger partial charge in [-0.2, -0.15) is 0 Å². The van der Waals surface area contributed by atoms with Gasteiger partial charge in [0.15, 0.2) is 0 Å². The van der Waals surface area contributed by atoms with Gasteiger partial charge in [-0.25, -0.2) is 14.5 Å². The second-order valence-corrected chi connectivity index (χ2v) is 2.93. The van der Waals surface area contributed by atoms with Gasteiger partial charge in [-0.05, 0) is 15.9 Å². The van der Waals surface area contributed by atoms with Gasteiger partial charge in [-0.3, -0.25) is 5.73 Å². The molecule has 0 aromatic carbocycles. The lowest BCUT2D eigenvalue weighted by atomic mass is 10.4. The van der Waals surface area contributed by atoms with E-state index in [2.05, 4.69) is 25.7 Å². The topological polar surface area (TPSA) is 92.1 Å². The Kier molecular flexibility index (Phi) is 2.66. The first-order chi connectivity index (χ1) is 6.06. The van der Waals surface area contributed by atoms with Crippen LogP contribution in [0.15, 0.2) is 10.8 Å². The lowest BCUT2D eigenvalue weighted by Crippen LogP contribution is -2.33. The lowest BCUT2D eigenvalue weighted by molar-refractivity contribution is -0.591. The minimum absolute atomic E-state index is 0.202. The molecule has 7 heteroatoms. The molecule has 0 spiro atoms. The molecule has 1 heterocycles. The lowest BCUT2D eigenvalue weighted by Gasteiger charge is -2.06. The highest BCUT2D eigenvalue weighted by atomic mass is 79.9. The summed E-state index contributed by atoms with van der Waals surface area (Å²) in [6.45, 7) is 0. The summed E-state index contributed by atoms with van der Waals surface area (Å²) in [6, 6.07) is 0. The Bertz CT molecular complexity index is 355. The fourth-order valence-electron chi connectivity index (χ4n) is 0.711. The van der Waals surface area contributed by atoms with Gasteiger partial charge < -0.3 is 9.94 Å². The average Bonchev–Trinajstić information content (AvgIpc) is 2.10. The molecule has 0 aliphatic rings. The van der Waals surface area contributed by atoms with Crippen LogP contribution in [0.5, 0.6) is 0 Å². The van der Waals surface area contributed by atoms with E-state index < -0.39 is 5.97 Å². The molecule has 0 amide bonds. The Morgan fingerprint density at radius 3 is 3.00 bits per heavy atom. The molecule has 0 unspecified atom stereocenters. The highest BCUT2D eigenvalue weighted by Gasteiger charge is 2.19. The van der Waals surface area contributed by atoms with Crippen LogP contribution in [-0.4, -0.2) is 18.1 Å². The zero-order valence-corrected chi connectivity index (χ0v) is 8.24. The normalized spacial score (nSPS) is 9.69. The van der Waals surface area contributed by atoms with Crippen LogP contribution in [0, 0.1) is 5.21 Å². The summed E-state index contributed by atoms with van der Waals surface area (Å²) < 4.78 is 4.93. The van der Waals surface area contributed by atoms with Crippen molar-refractivity contribution in [1.29, 1.82) is 0 Å². The number of nitrogen functional groups attached to an aromatic ring is 1. The van der Waals surface area contributed by atoms with Crippen LogP contribution in [0.3, 0.4) is 0 Å². The molecule has 13 heavy (non-hydrogen) atoms. The molecule has 0 saturated heterocycles. The number of aromatic nitrogens is 2. The number of carbonyl (C=O) groups excluding carboxylic acids is 1. The van der Waals surface area contributed by atoms with E-state index in [0.29, 0.717) is 4.73 Å². The van der Waals surface area contributed by atoms with E-state index >= 15 is 0 Å². The Morgan fingerprint density at radius 2 is 2.46 bits per heavy atom. The van der Waals surface area contributed by atoms with E-state index in [9.17, 15) is 10.0 Å². The fourth-order valence-corrected chi connectivity index (χ4v) is 1.07. The maximum absolute atomic E-state index is 11.0. The number of ether oxygens (including phenoxy) is 1. The SMILES string of the molecule is COC(=O)c1nc(Br)c[n+]([O-])c1N. The Morgan fingerprint density at radius 1 is 1.85 bits per heavy atom. The van der Waals surface area contributed by atoms with Gasteiger partial charge in [0, 0.05) is 0 Å². The number of hydrogen-bond donors (Lipinski definition) is 1. The van der Waals surface area contributed by atoms with Gasteiger partial charge in [0.25, 0.3) is 0 Å². The van der Waals surface area contributed by atoms with Gasteiger partial charge in [-0.1, -0.05) is 0 Å². The first kappa shape index (κ1) is 9.72. The molecule has 1 aromatic heterocycles. The van der Waals surface area contributed by atoms with Crippen LogP contribution in [0.2, 0.25) is 0 Å². The number of rotatable bonds is 1. The van der Waals surface area contributed by atoms with Crippen molar-refractivity contribution < 1.29 is 14.3 Å². The molecule has 1 aromatic rings. The van der Waals surface area contributed by atoms with E-state index in [0.717, 1.165) is 6.20 Å². The summed E-state index contributed by atoms with van der Waals surface area (Å²) in [5, 5.41) is 11.0. The molecule has 1 rings (SSSR count). The maximum atomic E-state index is 11.0. The average molecular weight is 248 g/mol. The van der Waals surface area contributed by atoms with Crippen LogP contribution in [0.25, 0.3) is 0 Å². The van der Waals surface area contributed by atoms with Crippen molar-refractivity contribution in [2.24, 2.45) is 0 Å². The van der Waals surface area contributed by atoms with Crippen molar-refractivity contribution >= 4 is 27.7 Å². The van der Waals surface area contributed by atoms with Crippen molar-refractivity contribution in [3.63, 3.8) is 0 Å². The van der Waals surface area contributed by atoms with E-state index in [4.69, 9.17) is 5.73 Å². The molecule has 0 bridgehead atoms. The van der Waals surface area contributed by atoms with E-state index in [-0.39, 0.29) is 16.1 Å². The number of nitrogens with two attached hydrogens (primary N) is 1. The maximum Gasteiger partial charge on any atom is 0.365 e. The molecule has 0 radical (unpaired) electrons. The van der Waals surface area contributed by atoms with Crippen LogP contribution in [0.1, 0.15) is 10.5 Å². The first-order valence-corrected chi connectivity index (χ1v) is 3.99. The van der Waals surface area contributed by atoms with Crippen LogP contribution in [0.4, 0.5) is 5.82 Å². The predicted molar refractivity (Wildman–Crippen MR) is 46.6 cm³/mol. The second kappa shape index (κ2) is 3.56. The third-order valence-corrected chi connectivity index (χ3v) is 1.68. The third-order valence-electron chi connectivity index (χ3n) is 1.30. The van der Waals surface area contributed by atoms with E-state index in [1.807, 2.05) is 0 Å². The first-order valence-electron chi connectivity index (χ1n) is 3.19. The predicted octanol–water partition coefficient (Wildman–Crippen LogP) is -0.154. The van der Waals surface area contributed by atoms with Crippen molar-refractivity contribution in [1.82, 2.24) is 4.98 Å². The van der Waals surface area contributed by atoms with Crippen molar-refractivity contribution in [2.75, 3.05) is 12.8 Å². The molecular weight excluding hydrogens is 242 g/mol. The number of hydrogen-bond acceptors (Lipinski definition) is 5. The van der Waals surface area contributed by atoms with Crippen molar-refractivity contribution in [3.8, 4) is 0 Å². The Labute approximate surface area is 82.0 Å². The summed E-state index contributed by atoms with van der Waals surface area (Å²) >= 11 is 2.95. The molecule has 0 aliphatic heterocycles. The highest BCUT2D eigenvalue weighted by Crippen LogP contribution is 2.09. The summed E-state index contributed by atoms with van der Waals surface area (Å²) in [5.41, 5.74) is 5.09. The Hall–Kier alpha value is -1.37. The number of methoxy groups -OCH3 is 1. The smallest absolute Gasteiger partial charge is 0.365 e. The third kappa shape index (κ3) is 1.86. The van der Waals surface area contributed by atoms with E-state index in [1.165, 1.54) is 7.11 Å². The molecular formula is C6H6BrN3O3. The molecule has 6 nitrogen and oxygen atoms in total. The zero-order valence-electron chi connectivity index (χ0n) is 6.65. The van der Waals surface area contributed by atoms with Crippen molar-refractivity contribution in [3.05, 3.63) is 21.7 Å². The van der Waals surface area contributed by atoms with Gasteiger partial charge >= 0.3 is 11.8 Å². The largest absolute Gasteiger partial charge is 0.710 e. The highest BCUT2D eigenvalue weighted by molar-refractivity contribution is 9.10. The summed E-state index contributed by atoms with van der Waals surface area (Å²) in [4.78, 5) is 14.7. The molecule has 70 valence electrons. The minimum atomic E-state index is -0.747. The number of anilines is 1. The number of halogens is 1.